The van der Waals surface area contributed by atoms with Crippen molar-refractivity contribution < 1.29 is 19.1 Å². The van der Waals surface area contributed by atoms with Crippen molar-refractivity contribution in [3.05, 3.63) is 18.2 Å². The summed E-state index contributed by atoms with van der Waals surface area (Å²) >= 11 is 0. The number of hydrogen-bond donors (Lipinski definition) is 3. The van der Waals surface area contributed by atoms with Gasteiger partial charge in [0, 0.05) is 18.3 Å². The number of nitrogens with zero attached hydrogens (tertiary/aromatic N) is 2. The third kappa shape index (κ3) is 5.64. The summed E-state index contributed by atoms with van der Waals surface area (Å²) in [6, 6.07) is 5.05. The van der Waals surface area contributed by atoms with Crippen LogP contribution in [0.1, 0.15) is 6.92 Å². The van der Waals surface area contributed by atoms with E-state index in [2.05, 4.69) is 20.9 Å². The molecule has 1 aromatic carbocycles. The minimum atomic E-state index is -0.377. The van der Waals surface area contributed by atoms with Crippen LogP contribution >= 0.6 is 24.0 Å². The molecule has 0 bridgehead atoms. The average Bonchev–Trinajstić information content (AvgIpc) is 2.93. The van der Waals surface area contributed by atoms with Gasteiger partial charge in [-0.3, -0.25) is 14.7 Å². The van der Waals surface area contributed by atoms with Gasteiger partial charge in [-0.1, -0.05) is 0 Å². The first kappa shape index (κ1) is 21.8. The topological polar surface area (TPSA) is 104 Å². The molecule has 10 heteroatoms. The van der Waals surface area contributed by atoms with Crippen LogP contribution in [0, 0.1) is 0 Å². The smallest absolute Gasteiger partial charge is 0.324 e. The van der Waals surface area contributed by atoms with Crippen molar-refractivity contribution in [3.63, 3.8) is 0 Å². The molecule has 1 aromatic rings. The molecule has 9 nitrogen and oxygen atoms in total. The van der Waals surface area contributed by atoms with Gasteiger partial charge in [0.2, 0.25) is 5.91 Å². The SMILES string of the molecule is CCNC(=NCCN1C(=O)CNC1=O)Nc1ccc(OC)c(OC)c1.I. The van der Waals surface area contributed by atoms with Crippen LogP contribution in [-0.2, 0) is 4.79 Å². The van der Waals surface area contributed by atoms with Crippen molar-refractivity contribution in [1.29, 1.82) is 0 Å². The zero-order chi connectivity index (χ0) is 18.2. The number of halogens is 1. The molecular formula is C16H24IN5O4. The highest BCUT2D eigenvalue weighted by Gasteiger charge is 2.27. The highest BCUT2D eigenvalue weighted by atomic mass is 127. The molecule has 144 valence electrons. The fourth-order valence-electron chi connectivity index (χ4n) is 2.30. The number of guanidine groups is 1. The monoisotopic (exact) mass is 477 g/mol. The Morgan fingerprint density at radius 1 is 1.27 bits per heavy atom. The van der Waals surface area contributed by atoms with Gasteiger partial charge in [0.25, 0.3) is 0 Å². The molecule has 1 heterocycles. The Kier molecular flexibility index (Phi) is 8.96. The number of carbonyl (C=O) groups is 2. The maximum absolute atomic E-state index is 11.5. The number of amides is 3. The number of imide groups is 1. The lowest BCUT2D eigenvalue weighted by Crippen LogP contribution is -2.35. The van der Waals surface area contributed by atoms with Gasteiger partial charge in [0.05, 0.1) is 33.9 Å². The molecule has 0 unspecified atom stereocenters. The fourth-order valence-corrected chi connectivity index (χ4v) is 2.30. The van der Waals surface area contributed by atoms with E-state index in [0.29, 0.717) is 30.5 Å². The molecule has 3 amide bonds. The van der Waals surface area contributed by atoms with E-state index >= 15 is 0 Å². The number of urea groups is 1. The lowest BCUT2D eigenvalue weighted by molar-refractivity contribution is -0.124. The van der Waals surface area contributed by atoms with Crippen LogP contribution < -0.4 is 25.4 Å². The molecule has 0 saturated carbocycles. The Bertz CT molecular complexity index is 652. The Labute approximate surface area is 169 Å². The lowest BCUT2D eigenvalue weighted by atomic mass is 10.3. The first-order valence-corrected chi connectivity index (χ1v) is 7.94. The molecule has 1 fully saturated rings. The van der Waals surface area contributed by atoms with E-state index in [-0.39, 0.29) is 49.0 Å². The average molecular weight is 477 g/mol. The molecule has 0 atom stereocenters. The summed E-state index contributed by atoms with van der Waals surface area (Å²) in [5.74, 6) is 1.54. The first-order chi connectivity index (χ1) is 12.1. The van der Waals surface area contributed by atoms with E-state index in [1.165, 1.54) is 0 Å². The van der Waals surface area contributed by atoms with Gasteiger partial charge in [-0.2, -0.15) is 0 Å². The van der Waals surface area contributed by atoms with Crippen molar-refractivity contribution in [1.82, 2.24) is 15.5 Å². The minimum absolute atomic E-state index is 0. The summed E-state index contributed by atoms with van der Waals surface area (Å²) in [4.78, 5) is 28.6. The Balaban J connectivity index is 0.00000338. The van der Waals surface area contributed by atoms with Crippen LogP contribution in [0.3, 0.4) is 0 Å². The third-order valence-corrected chi connectivity index (χ3v) is 3.52. The molecule has 0 aromatic heterocycles. The lowest BCUT2D eigenvalue weighted by Gasteiger charge is -2.15. The number of rotatable bonds is 7. The first-order valence-electron chi connectivity index (χ1n) is 7.94. The van der Waals surface area contributed by atoms with Crippen LogP contribution in [0.5, 0.6) is 11.5 Å². The number of anilines is 1. The van der Waals surface area contributed by atoms with Gasteiger partial charge < -0.3 is 25.4 Å². The van der Waals surface area contributed by atoms with E-state index in [9.17, 15) is 9.59 Å². The van der Waals surface area contributed by atoms with E-state index < -0.39 is 0 Å². The second-order valence-electron chi connectivity index (χ2n) is 5.16. The molecule has 1 aliphatic heterocycles. The number of nitrogens with one attached hydrogen (secondary N) is 3. The van der Waals surface area contributed by atoms with Crippen LogP contribution in [0.15, 0.2) is 23.2 Å². The van der Waals surface area contributed by atoms with E-state index in [4.69, 9.17) is 9.47 Å². The van der Waals surface area contributed by atoms with Crippen molar-refractivity contribution in [2.24, 2.45) is 4.99 Å². The number of benzene rings is 1. The van der Waals surface area contributed by atoms with Gasteiger partial charge in [-0.25, -0.2) is 4.79 Å². The number of hydrogen-bond acceptors (Lipinski definition) is 5. The zero-order valence-corrected chi connectivity index (χ0v) is 17.3. The van der Waals surface area contributed by atoms with Gasteiger partial charge in [0.1, 0.15) is 0 Å². The van der Waals surface area contributed by atoms with Gasteiger partial charge in [-0.05, 0) is 19.1 Å². The zero-order valence-electron chi connectivity index (χ0n) is 15.0. The van der Waals surface area contributed by atoms with Gasteiger partial charge >= 0.3 is 6.03 Å². The summed E-state index contributed by atoms with van der Waals surface area (Å²) in [7, 11) is 3.14. The maximum atomic E-state index is 11.5. The largest absolute Gasteiger partial charge is 0.493 e. The number of methoxy groups -OCH3 is 2. The molecular weight excluding hydrogens is 453 g/mol. The molecule has 0 radical (unpaired) electrons. The van der Waals surface area contributed by atoms with Crippen LogP contribution in [0.2, 0.25) is 0 Å². The quantitative estimate of drug-likeness (QED) is 0.237. The molecule has 2 rings (SSSR count). The summed E-state index contributed by atoms with van der Waals surface area (Å²) in [6.07, 6.45) is 0. The van der Waals surface area contributed by atoms with E-state index in [1.807, 2.05) is 13.0 Å². The number of aliphatic imine (C=N–C) groups is 1. The Morgan fingerprint density at radius 2 is 2.00 bits per heavy atom. The van der Waals surface area contributed by atoms with Crippen molar-refractivity contribution in [2.75, 3.05) is 45.7 Å². The predicted molar refractivity (Wildman–Crippen MR) is 110 cm³/mol. The Hall–Kier alpha value is -2.24. The number of carbonyl (C=O) groups excluding carboxylic acids is 2. The van der Waals surface area contributed by atoms with Crippen LogP contribution in [-0.4, -0.2) is 63.2 Å². The van der Waals surface area contributed by atoms with Crippen molar-refractivity contribution in [3.8, 4) is 11.5 Å². The highest BCUT2D eigenvalue weighted by Crippen LogP contribution is 2.29. The number of ether oxygens (including phenoxy) is 2. The maximum Gasteiger partial charge on any atom is 0.324 e. The second kappa shape index (κ2) is 10.7. The Morgan fingerprint density at radius 3 is 2.58 bits per heavy atom. The van der Waals surface area contributed by atoms with E-state index in [1.54, 1.807) is 26.4 Å². The fraction of sp³-hybridized carbons (Fsp3) is 0.438. The normalized spacial score (nSPS) is 13.8. The molecule has 1 aliphatic rings. The summed E-state index contributed by atoms with van der Waals surface area (Å²) in [6.45, 7) is 3.19. The molecule has 3 N–H and O–H groups in total. The third-order valence-electron chi connectivity index (χ3n) is 3.52. The standard InChI is InChI=1S/C16H23N5O4.HI/c1-4-17-15(18-7-8-21-14(22)10-19-16(21)23)20-11-5-6-12(24-2)13(9-11)25-3;/h5-6,9H,4,7-8,10H2,1-3H3,(H,19,23)(H2,17,18,20);1H. The van der Waals surface area contributed by atoms with Crippen LogP contribution in [0.25, 0.3) is 0 Å². The molecule has 0 aliphatic carbocycles. The predicted octanol–water partition coefficient (Wildman–Crippen LogP) is 1.25. The second-order valence-corrected chi connectivity index (χ2v) is 5.16. The van der Waals surface area contributed by atoms with Gasteiger partial charge in [0.15, 0.2) is 17.5 Å². The highest BCUT2D eigenvalue weighted by molar-refractivity contribution is 14.0. The molecule has 26 heavy (non-hydrogen) atoms. The van der Waals surface area contributed by atoms with Crippen molar-refractivity contribution in [2.45, 2.75) is 6.92 Å². The summed E-state index contributed by atoms with van der Waals surface area (Å²) in [5, 5.41) is 8.74. The van der Waals surface area contributed by atoms with Crippen molar-refractivity contribution >= 4 is 47.6 Å². The van der Waals surface area contributed by atoms with Crippen LogP contribution in [0.4, 0.5) is 10.5 Å². The summed E-state index contributed by atoms with van der Waals surface area (Å²) < 4.78 is 10.5. The van der Waals surface area contributed by atoms with E-state index in [0.717, 1.165) is 10.6 Å². The summed E-state index contributed by atoms with van der Waals surface area (Å²) in [5.41, 5.74) is 0.771. The minimum Gasteiger partial charge on any atom is -0.493 e. The molecule has 1 saturated heterocycles. The molecule has 0 spiro atoms. The van der Waals surface area contributed by atoms with Gasteiger partial charge in [-0.15, -0.1) is 24.0 Å².